The topological polar surface area (TPSA) is 165 Å². The number of hydrogen-bond donors (Lipinski definition) is 6. The molecule has 0 saturated carbocycles. The molecule has 21 heavy (non-hydrogen) atoms. The third-order valence-electron chi connectivity index (χ3n) is 1.73. The lowest BCUT2D eigenvalue weighted by Gasteiger charge is -1.94. The van der Waals surface area contributed by atoms with E-state index in [0.29, 0.717) is 0 Å². The van der Waals surface area contributed by atoms with E-state index in [1.54, 1.807) is 0 Å². The number of unbranched alkanes of at least 4 members (excludes halogenated alkanes) is 2. The van der Waals surface area contributed by atoms with Crippen molar-refractivity contribution in [2.24, 2.45) is 0 Å². The molecule has 0 fully saturated rings. The summed E-state index contributed by atoms with van der Waals surface area (Å²) in [5.74, 6) is 0. The summed E-state index contributed by atoms with van der Waals surface area (Å²) >= 11 is 0. The van der Waals surface area contributed by atoms with Gasteiger partial charge in [-0.05, 0) is 30.0 Å². The summed E-state index contributed by atoms with van der Waals surface area (Å²) in [7, 11) is -6.72. The molecule has 2 unspecified atom stereocenters. The Hall–Kier alpha value is 0.0500. The first kappa shape index (κ1) is 26.0. The monoisotopic (exact) mass is 353 g/mol. The molecule has 0 amide bonds. The molecule has 0 rings (SSSR count). The van der Waals surface area contributed by atoms with Crippen molar-refractivity contribution in [2.75, 3.05) is 32.6 Å². The first-order valence-electron chi connectivity index (χ1n) is 6.42. The van der Waals surface area contributed by atoms with Crippen molar-refractivity contribution in [1.29, 1.82) is 0 Å². The van der Waals surface area contributed by atoms with Crippen molar-refractivity contribution in [1.82, 2.24) is 0 Å². The van der Waals surface area contributed by atoms with Crippen molar-refractivity contribution in [3.8, 4) is 0 Å². The van der Waals surface area contributed by atoms with E-state index >= 15 is 0 Å². The molecule has 0 radical (unpaired) electrons. The first-order chi connectivity index (χ1) is 9.81. The molecule has 0 bridgehead atoms. The molecule has 9 nitrogen and oxygen atoms in total. The van der Waals surface area contributed by atoms with Crippen LogP contribution in [-0.2, 0) is 13.4 Å². The van der Waals surface area contributed by atoms with Gasteiger partial charge in [-0.2, -0.15) is 0 Å². The summed E-state index contributed by atoms with van der Waals surface area (Å²) in [4.78, 5) is 16.5. The molecule has 130 valence electrons. The highest BCUT2D eigenvalue weighted by Gasteiger charge is 2.30. The Morgan fingerprint density at radius 3 is 1.29 bits per heavy atom. The van der Waals surface area contributed by atoms with Gasteiger partial charge in [0.2, 0.25) is 0 Å². The fourth-order valence-corrected chi connectivity index (χ4v) is 1.95. The van der Waals surface area contributed by atoms with Crippen LogP contribution in [0.3, 0.4) is 0 Å². The van der Waals surface area contributed by atoms with Gasteiger partial charge < -0.3 is 25.3 Å². The van der Waals surface area contributed by atoms with Gasteiger partial charge in [-0.3, -0.25) is 4.57 Å². The van der Waals surface area contributed by atoms with Gasteiger partial charge in [-0.15, -0.1) is 4.89 Å². The smallest absolute Gasteiger partial charge is 0.396 e. The molecule has 0 aromatic heterocycles. The third kappa shape index (κ3) is 33.1. The molecule has 0 aliphatic carbocycles. The highest BCUT2D eigenvalue weighted by molar-refractivity contribution is 7.59. The number of rotatable bonds is 9. The summed E-state index contributed by atoms with van der Waals surface area (Å²) in [5, 5.41) is 32.3. The Bertz CT molecular complexity index is 247. The van der Waals surface area contributed by atoms with E-state index in [9.17, 15) is 9.13 Å². The van der Waals surface area contributed by atoms with Crippen LogP contribution in [0.5, 0.6) is 0 Å². The zero-order valence-corrected chi connectivity index (χ0v) is 14.0. The molecule has 0 heterocycles. The fourth-order valence-electron chi connectivity index (χ4n) is 0.614. The maximum Gasteiger partial charge on any atom is 0.703 e. The van der Waals surface area contributed by atoms with Crippen LogP contribution in [-0.4, -0.2) is 62.8 Å². The van der Waals surface area contributed by atoms with Gasteiger partial charge in [0.1, 0.15) is 0 Å². The zero-order valence-electron chi connectivity index (χ0n) is 12.2. The van der Waals surface area contributed by atoms with Gasteiger partial charge in [-0.25, -0.2) is 0 Å². The average Bonchev–Trinajstić information content (AvgIpc) is 2.43. The first-order valence-corrected chi connectivity index (χ1v) is 9.31. The molecule has 0 aliphatic heterocycles. The summed E-state index contributed by atoms with van der Waals surface area (Å²) < 4.78 is 23.9. The van der Waals surface area contributed by atoms with Gasteiger partial charge >= 0.3 is 15.9 Å². The van der Waals surface area contributed by atoms with Gasteiger partial charge in [-0.1, -0.05) is 6.92 Å². The Morgan fingerprint density at radius 2 is 1.19 bits per heavy atom. The predicted molar refractivity (Wildman–Crippen MR) is 78.1 cm³/mol. The maximum atomic E-state index is 10.4. The second kappa shape index (κ2) is 20.1. The quantitative estimate of drug-likeness (QED) is 0.253. The standard InChI is InChI=1S/2C4H10O2.C2H6O5P2/c2*5-3-1-2-4-6;1-2-9(5,6)7-8(3)4/h2*5-6H,1-4H2;2H2,1H3,(H-,3,4,5,6)/p+1. The van der Waals surface area contributed by atoms with Crippen LogP contribution in [0.1, 0.15) is 32.6 Å². The largest absolute Gasteiger partial charge is 0.703 e. The maximum absolute atomic E-state index is 10.4. The van der Waals surface area contributed by atoms with E-state index in [0.717, 1.165) is 25.7 Å². The Kier molecular flexibility index (Phi) is 24.8. The minimum absolute atomic E-state index is 0.158. The normalized spacial score (nSPS) is 13.2. The van der Waals surface area contributed by atoms with Crippen LogP contribution < -0.4 is 0 Å². The molecule has 11 heteroatoms. The van der Waals surface area contributed by atoms with Crippen molar-refractivity contribution in [3.63, 3.8) is 0 Å². The lowest BCUT2D eigenvalue weighted by molar-refractivity contribution is 0.242. The number of aliphatic hydroxyl groups excluding tert-OH is 4. The summed E-state index contributed by atoms with van der Waals surface area (Å²) in [5.41, 5.74) is 0. The van der Waals surface area contributed by atoms with E-state index < -0.39 is 15.9 Å². The van der Waals surface area contributed by atoms with Crippen LogP contribution in [0.25, 0.3) is 0 Å². The summed E-state index contributed by atoms with van der Waals surface area (Å²) in [6, 6.07) is 0. The van der Waals surface area contributed by atoms with E-state index in [1.807, 2.05) is 0 Å². The van der Waals surface area contributed by atoms with E-state index in [2.05, 4.69) is 4.31 Å². The Labute approximate surface area is 125 Å². The highest BCUT2D eigenvalue weighted by Crippen LogP contribution is 2.48. The molecule has 6 N–H and O–H groups in total. The molecule has 0 aromatic rings. The van der Waals surface area contributed by atoms with Gasteiger partial charge in [0.25, 0.3) is 0 Å². The molecular formula is C10H27O9P2+. The van der Waals surface area contributed by atoms with Crippen molar-refractivity contribution in [3.05, 3.63) is 0 Å². The van der Waals surface area contributed by atoms with Crippen molar-refractivity contribution in [2.45, 2.75) is 32.6 Å². The van der Waals surface area contributed by atoms with Crippen LogP contribution in [0.15, 0.2) is 0 Å². The minimum atomic E-state index is -3.76. The van der Waals surface area contributed by atoms with Gasteiger partial charge in [0.15, 0.2) is 0 Å². The Morgan fingerprint density at radius 1 is 0.905 bits per heavy atom. The van der Waals surface area contributed by atoms with Crippen LogP contribution in [0.2, 0.25) is 0 Å². The van der Waals surface area contributed by atoms with Crippen LogP contribution in [0, 0.1) is 0 Å². The summed E-state index contributed by atoms with van der Waals surface area (Å²) in [6.07, 6.45) is 2.72. The molecule has 0 aromatic carbocycles. The second-order valence-electron chi connectivity index (χ2n) is 3.58. The SMILES string of the molecule is CCP(=O)(O)O[P+](=O)O.OCCCCO.OCCCCO. The molecule has 0 aliphatic rings. The van der Waals surface area contributed by atoms with Crippen LogP contribution >= 0.6 is 15.9 Å². The second-order valence-corrected chi connectivity index (χ2v) is 6.62. The number of aliphatic hydroxyl groups is 4. The fraction of sp³-hybridized carbons (Fsp3) is 1.00. The lowest BCUT2D eigenvalue weighted by Crippen LogP contribution is -1.85. The Balaban J connectivity index is -0.000000240. The minimum Gasteiger partial charge on any atom is -0.396 e. The highest BCUT2D eigenvalue weighted by atomic mass is 31.2. The van der Waals surface area contributed by atoms with E-state index in [4.69, 9.17) is 30.2 Å². The molecule has 2 atom stereocenters. The average molecular weight is 353 g/mol. The lowest BCUT2D eigenvalue weighted by atomic mass is 10.3. The van der Waals surface area contributed by atoms with Crippen molar-refractivity contribution < 1.29 is 43.7 Å². The molecule has 0 spiro atoms. The molecule has 0 saturated heterocycles. The third-order valence-corrected chi connectivity index (χ3v) is 4.11. The van der Waals surface area contributed by atoms with E-state index in [1.165, 1.54) is 6.92 Å². The zero-order chi connectivity index (χ0) is 17.1. The predicted octanol–water partition coefficient (Wildman–Crippen LogP) is 0.360. The van der Waals surface area contributed by atoms with Gasteiger partial charge in [0, 0.05) is 31.0 Å². The van der Waals surface area contributed by atoms with Crippen LogP contribution in [0.4, 0.5) is 0 Å². The summed E-state index contributed by atoms with van der Waals surface area (Å²) in [6.45, 7) is 2.17. The molecular weight excluding hydrogens is 326 g/mol. The van der Waals surface area contributed by atoms with E-state index in [-0.39, 0.29) is 32.6 Å². The van der Waals surface area contributed by atoms with Crippen molar-refractivity contribution >= 4 is 15.9 Å². The van der Waals surface area contributed by atoms with Gasteiger partial charge in [0.05, 0.1) is 6.16 Å². The number of hydrogen-bond acceptors (Lipinski definition) is 7.